The second-order valence-corrected chi connectivity index (χ2v) is 9.77. The molecular formula is C28H37N3O2. The predicted molar refractivity (Wildman–Crippen MR) is 134 cm³/mol. The summed E-state index contributed by atoms with van der Waals surface area (Å²) in [6.07, 6.45) is 6.97. The summed E-state index contributed by atoms with van der Waals surface area (Å²) in [7, 11) is 1.73. The summed E-state index contributed by atoms with van der Waals surface area (Å²) in [5.74, 6) is 0.843. The van der Waals surface area contributed by atoms with E-state index in [1.165, 1.54) is 67.0 Å². The minimum Gasteiger partial charge on any atom is -0.383 e. The monoisotopic (exact) mass is 447 g/mol. The van der Waals surface area contributed by atoms with Crippen LogP contribution in [-0.2, 0) is 16.1 Å². The second kappa shape index (κ2) is 10.3. The van der Waals surface area contributed by atoms with E-state index in [-0.39, 0.29) is 5.91 Å². The molecule has 5 rings (SSSR count). The van der Waals surface area contributed by atoms with Gasteiger partial charge in [0, 0.05) is 61.0 Å². The molecule has 0 radical (unpaired) electrons. The number of carbonyl (C=O) groups is 1. The van der Waals surface area contributed by atoms with Gasteiger partial charge in [0.05, 0.1) is 6.61 Å². The number of piperidine rings is 2. The van der Waals surface area contributed by atoms with E-state index in [1.807, 2.05) is 0 Å². The van der Waals surface area contributed by atoms with E-state index in [0.29, 0.717) is 38.1 Å². The smallest absolute Gasteiger partial charge is 0.224 e. The molecule has 2 aliphatic rings. The molecule has 5 nitrogen and oxygen atoms in total. The molecule has 2 atom stereocenters. The zero-order chi connectivity index (χ0) is 22.6. The number of hydrogen-bond donors (Lipinski definition) is 0. The molecule has 2 aliphatic heterocycles. The Bertz CT molecular complexity index is 1040. The van der Waals surface area contributed by atoms with Gasteiger partial charge in [-0.05, 0) is 56.8 Å². The van der Waals surface area contributed by atoms with Crippen molar-refractivity contribution in [1.82, 2.24) is 14.4 Å². The van der Waals surface area contributed by atoms with E-state index in [9.17, 15) is 4.79 Å². The SMILES string of the molecule is COCCN(C[C@@H]1CCCN2CCCC[C@H]12)C(=O)CCn1c2ccccc2c2ccccc21. The van der Waals surface area contributed by atoms with Crippen molar-refractivity contribution in [3.05, 3.63) is 48.5 Å². The van der Waals surface area contributed by atoms with E-state index in [1.54, 1.807) is 7.11 Å². The molecule has 0 N–H and O–H groups in total. The first kappa shape index (κ1) is 22.4. The van der Waals surface area contributed by atoms with Crippen LogP contribution in [0.15, 0.2) is 48.5 Å². The van der Waals surface area contributed by atoms with Gasteiger partial charge >= 0.3 is 0 Å². The molecule has 1 amide bonds. The molecule has 2 aromatic carbocycles. The highest BCUT2D eigenvalue weighted by molar-refractivity contribution is 6.08. The summed E-state index contributed by atoms with van der Waals surface area (Å²) in [5, 5.41) is 2.52. The molecule has 0 spiro atoms. The number of benzene rings is 2. The van der Waals surface area contributed by atoms with Gasteiger partial charge in [-0.15, -0.1) is 0 Å². The number of para-hydroxylation sites is 2. The summed E-state index contributed by atoms with van der Waals surface area (Å²) in [6, 6.07) is 17.7. The van der Waals surface area contributed by atoms with E-state index in [4.69, 9.17) is 4.74 Å². The molecule has 176 valence electrons. The molecule has 2 fully saturated rings. The Morgan fingerprint density at radius 2 is 1.67 bits per heavy atom. The molecule has 2 saturated heterocycles. The normalized spacial score (nSPS) is 21.4. The Morgan fingerprint density at radius 1 is 0.970 bits per heavy atom. The number of hydrogen-bond acceptors (Lipinski definition) is 3. The number of carbonyl (C=O) groups excluding carboxylic acids is 1. The van der Waals surface area contributed by atoms with E-state index in [2.05, 4.69) is 62.9 Å². The number of ether oxygens (including phenoxy) is 1. The molecule has 0 aliphatic carbocycles. The van der Waals surface area contributed by atoms with Crippen LogP contribution in [0.3, 0.4) is 0 Å². The Balaban J connectivity index is 1.32. The van der Waals surface area contributed by atoms with E-state index in [0.717, 1.165) is 6.54 Å². The Kier molecular flexibility index (Phi) is 6.98. The van der Waals surface area contributed by atoms with Crippen LogP contribution in [0.4, 0.5) is 0 Å². The summed E-state index contributed by atoms with van der Waals surface area (Å²) in [6.45, 7) is 5.34. The Labute approximate surface area is 197 Å². The fourth-order valence-electron chi connectivity index (χ4n) is 6.20. The van der Waals surface area contributed by atoms with Crippen molar-refractivity contribution >= 4 is 27.7 Å². The first-order chi connectivity index (χ1) is 16.3. The highest BCUT2D eigenvalue weighted by Crippen LogP contribution is 2.32. The quantitative estimate of drug-likeness (QED) is 0.492. The molecule has 33 heavy (non-hydrogen) atoms. The molecule has 0 bridgehead atoms. The van der Waals surface area contributed by atoms with Crippen molar-refractivity contribution in [2.75, 3.05) is 39.9 Å². The Hall–Kier alpha value is -2.37. The molecule has 0 unspecified atom stereocenters. The van der Waals surface area contributed by atoms with Crippen LogP contribution in [0.2, 0.25) is 0 Å². The number of nitrogens with zero attached hydrogens (tertiary/aromatic N) is 3. The third kappa shape index (κ3) is 4.67. The van der Waals surface area contributed by atoms with Crippen molar-refractivity contribution in [3.8, 4) is 0 Å². The topological polar surface area (TPSA) is 37.7 Å². The summed E-state index contributed by atoms with van der Waals surface area (Å²) < 4.78 is 7.69. The fraction of sp³-hybridized carbons (Fsp3) is 0.536. The van der Waals surface area contributed by atoms with Crippen LogP contribution in [0.1, 0.15) is 38.5 Å². The van der Waals surface area contributed by atoms with Gasteiger partial charge < -0.3 is 19.1 Å². The van der Waals surface area contributed by atoms with Gasteiger partial charge in [0.25, 0.3) is 0 Å². The number of amides is 1. The van der Waals surface area contributed by atoms with Crippen molar-refractivity contribution < 1.29 is 9.53 Å². The lowest BCUT2D eigenvalue weighted by atomic mass is 9.83. The lowest BCUT2D eigenvalue weighted by Crippen LogP contribution is -2.52. The third-order valence-electron chi connectivity index (χ3n) is 7.83. The summed E-state index contributed by atoms with van der Waals surface area (Å²) in [4.78, 5) is 18.3. The fourth-order valence-corrected chi connectivity index (χ4v) is 6.20. The van der Waals surface area contributed by atoms with E-state index >= 15 is 0 Å². The molecule has 1 aromatic heterocycles. The first-order valence-corrected chi connectivity index (χ1v) is 12.7. The van der Waals surface area contributed by atoms with Crippen molar-refractivity contribution in [1.29, 1.82) is 0 Å². The number of methoxy groups -OCH3 is 1. The van der Waals surface area contributed by atoms with Gasteiger partial charge in [0.2, 0.25) is 5.91 Å². The van der Waals surface area contributed by atoms with Gasteiger partial charge in [0.15, 0.2) is 0 Å². The second-order valence-electron chi connectivity index (χ2n) is 9.77. The van der Waals surface area contributed by atoms with Crippen molar-refractivity contribution in [3.63, 3.8) is 0 Å². The highest BCUT2D eigenvalue weighted by atomic mass is 16.5. The maximum absolute atomic E-state index is 13.5. The number of aryl methyl sites for hydroxylation is 1. The van der Waals surface area contributed by atoms with Crippen LogP contribution in [-0.4, -0.2) is 66.2 Å². The molecule has 3 heterocycles. The summed E-state index contributed by atoms with van der Waals surface area (Å²) in [5.41, 5.74) is 2.42. The molecule has 0 saturated carbocycles. The van der Waals surface area contributed by atoms with Crippen LogP contribution in [0, 0.1) is 5.92 Å². The predicted octanol–water partition coefficient (Wildman–Crippen LogP) is 4.92. The Morgan fingerprint density at radius 3 is 2.39 bits per heavy atom. The minimum atomic E-state index is 0.252. The zero-order valence-electron chi connectivity index (χ0n) is 19.9. The van der Waals surface area contributed by atoms with E-state index < -0.39 is 0 Å². The molecule has 5 heteroatoms. The average molecular weight is 448 g/mol. The molecular weight excluding hydrogens is 410 g/mol. The lowest BCUT2D eigenvalue weighted by molar-refractivity contribution is -0.133. The van der Waals surface area contributed by atoms with Crippen LogP contribution < -0.4 is 0 Å². The highest BCUT2D eigenvalue weighted by Gasteiger charge is 2.34. The summed E-state index contributed by atoms with van der Waals surface area (Å²) >= 11 is 0. The third-order valence-corrected chi connectivity index (χ3v) is 7.83. The number of rotatable bonds is 8. The lowest BCUT2D eigenvalue weighted by Gasteiger charge is -2.45. The van der Waals surface area contributed by atoms with Gasteiger partial charge in [-0.2, -0.15) is 0 Å². The van der Waals surface area contributed by atoms with Crippen LogP contribution in [0.25, 0.3) is 21.8 Å². The van der Waals surface area contributed by atoms with Crippen LogP contribution in [0.5, 0.6) is 0 Å². The largest absolute Gasteiger partial charge is 0.383 e. The van der Waals surface area contributed by atoms with Crippen LogP contribution >= 0.6 is 0 Å². The minimum absolute atomic E-state index is 0.252. The molecule has 3 aromatic rings. The maximum atomic E-state index is 13.5. The van der Waals surface area contributed by atoms with Gasteiger partial charge in [0.1, 0.15) is 0 Å². The maximum Gasteiger partial charge on any atom is 0.224 e. The van der Waals surface area contributed by atoms with Gasteiger partial charge in [-0.1, -0.05) is 42.8 Å². The number of aromatic nitrogens is 1. The van der Waals surface area contributed by atoms with Crippen molar-refractivity contribution in [2.45, 2.75) is 51.1 Å². The standard InChI is InChI=1S/C28H37N3O2/c1-33-20-19-30(21-22-9-8-17-29-16-7-6-12-25(22)29)28(32)15-18-31-26-13-4-2-10-23(26)24-11-3-5-14-27(24)31/h2-5,10-11,13-14,22,25H,6-9,12,15-21H2,1H3/t22-,25+/m0/s1. The van der Waals surface area contributed by atoms with Gasteiger partial charge in [-0.3, -0.25) is 4.79 Å². The number of fused-ring (bicyclic) bond motifs is 4. The van der Waals surface area contributed by atoms with Gasteiger partial charge in [-0.25, -0.2) is 0 Å². The average Bonchev–Trinajstić information content (AvgIpc) is 3.19. The zero-order valence-corrected chi connectivity index (χ0v) is 19.9. The van der Waals surface area contributed by atoms with Crippen molar-refractivity contribution in [2.24, 2.45) is 5.92 Å². The first-order valence-electron chi connectivity index (χ1n) is 12.7.